The number of halogens is 2. The number of imidazole rings is 2. The zero-order valence-electron chi connectivity index (χ0n) is 13.3. The van der Waals surface area contributed by atoms with Gasteiger partial charge in [0.1, 0.15) is 24.8 Å². The lowest BCUT2D eigenvalue weighted by Crippen LogP contribution is -3.00. The van der Waals surface area contributed by atoms with Crippen LogP contribution in [0.4, 0.5) is 0 Å². The Morgan fingerprint density at radius 3 is 1.20 bits per heavy atom. The summed E-state index contributed by atoms with van der Waals surface area (Å²) in [6.07, 6.45) is 8.32. The molecule has 0 N–H and O–H groups in total. The number of aromatic nitrogens is 4. The van der Waals surface area contributed by atoms with Crippen LogP contribution in [-0.2, 0) is 27.2 Å². The molecule has 6 heteroatoms. The summed E-state index contributed by atoms with van der Waals surface area (Å²) in [6, 6.07) is 0. The van der Waals surface area contributed by atoms with Crippen LogP contribution in [0.25, 0.3) is 0 Å². The van der Waals surface area contributed by atoms with Crippen LogP contribution in [0.1, 0.15) is 25.5 Å². The monoisotopic (exact) mass is 408 g/mol. The van der Waals surface area contributed by atoms with E-state index in [0.29, 0.717) is 0 Å². The third-order valence-electron chi connectivity index (χ3n) is 3.47. The first-order chi connectivity index (χ1) is 8.51. The van der Waals surface area contributed by atoms with Crippen LogP contribution in [0.3, 0.4) is 0 Å². The lowest BCUT2D eigenvalue weighted by Gasteiger charge is -1.90. The minimum absolute atomic E-state index is 0. The van der Waals surface area contributed by atoms with E-state index in [1.807, 2.05) is 0 Å². The van der Waals surface area contributed by atoms with E-state index in [9.17, 15) is 0 Å². The van der Waals surface area contributed by atoms with Gasteiger partial charge in [0, 0.05) is 13.8 Å². The van der Waals surface area contributed by atoms with E-state index in [1.165, 1.54) is 11.6 Å². The van der Waals surface area contributed by atoms with Gasteiger partial charge in [-0.15, -0.1) is 0 Å². The Balaban J connectivity index is 0. The summed E-state index contributed by atoms with van der Waals surface area (Å²) in [4.78, 5) is 0. The molecule has 0 fully saturated rings. The molecule has 0 aliphatic carbocycles. The van der Waals surface area contributed by atoms with Crippen molar-refractivity contribution in [2.45, 2.75) is 40.8 Å². The molecule has 4 nitrogen and oxygen atoms in total. The number of nitrogens with zero attached hydrogens (tertiary/aromatic N) is 4. The van der Waals surface area contributed by atoms with E-state index in [0.717, 1.165) is 13.1 Å². The van der Waals surface area contributed by atoms with Crippen LogP contribution in [0, 0.1) is 13.8 Å². The molecule has 2 heterocycles. The number of hydrogen-bond acceptors (Lipinski definition) is 0. The van der Waals surface area contributed by atoms with Crippen LogP contribution in [-0.4, -0.2) is 9.13 Å². The number of rotatable bonds is 2. The fourth-order valence-electron chi connectivity index (χ4n) is 1.87. The van der Waals surface area contributed by atoms with Crippen LogP contribution in [0.2, 0.25) is 0 Å². The van der Waals surface area contributed by atoms with Gasteiger partial charge < -0.3 is 34.0 Å². The average Bonchev–Trinajstić information content (AvgIpc) is 2.86. The van der Waals surface area contributed by atoms with Gasteiger partial charge in [-0.2, -0.15) is 0 Å². The molecular weight excluding hydrogens is 384 g/mol. The van der Waals surface area contributed by atoms with Crippen molar-refractivity contribution in [3.63, 3.8) is 0 Å². The van der Waals surface area contributed by atoms with Gasteiger partial charge in [0.25, 0.3) is 11.6 Å². The predicted molar refractivity (Wildman–Crippen MR) is 72.0 cm³/mol. The second-order valence-electron chi connectivity index (χ2n) is 4.48. The average molecular weight is 410 g/mol. The Kier molecular flexibility index (Phi) is 11.0. The van der Waals surface area contributed by atoms with Gasteiger partial charge in [-0.25, -0.2) is 18.3 Å². The second-order valence-corrected chi connectivity index (χ2v) is 4.48. The van der Waals surface area contributed by atoms with Crippen molar-refractivity contribution in [3.8, 4) is 0 Å². The molecule has 0 saturated carbocycles. The topological polar surface area (TPSA) is 17.6 Å². The molecule has 2 aromatic heterocycles. The first kappa shape index (κ1) is 21.7. The van der Waals surface area contributed by atoms with Gasteiger partial charge in [-0.1, -0.05) is 0 Å². The fourth-order valence-corrected chi connectivity index (χ4v) is 1.87. The van der Waals surface area contributed by atoms with E-state index >= 15 is 0 Å². The molecule has 0 unspecified atom stereocenters. The lowest BCUT2D eigenvalue weighted by molar-refractivity contribution is -0.677. The van der Waals surface area contributed by atoms with Gasteiger partial charge in [-0.05, 0) is 13.8 Å². The SMILES string of the molecule is CCn1cc[n+](C)c1C.CCn1cc[n+](C)c1C.[Br-].[Br-]. The van der Waals surface area contributed by atoms with Crippen LogP contribution in [0.5, 0.6) is 0 Å². The molecular formula is C14H26Br2N4. The summed E-state index contributed by atoms with van der Waals surface area (Å²) in [5.74, 6) is 2.61. The summed E-state index contributed by atoms with van der Waals surface area (Å²) >= 11 is 0. The third kappa shape index (κ3) is 5.40. The summed E-state index contributed by atoms with van der Waals surface area (Å²) in [5.41, 5.74) is 0. The maximum absolute atomic E-state index is 2.21. The highest BCUT2D eigenvalue weighted by atomic mass is 79.9. The highest BCUT2D eigenvalue weighted by Gasteiger charge is 2.04. The minimum atomic E-state index is 0. The maximum atomic E-state index is 2.21. The smallest absolute Gasteiger partial charge is 0.252 e. The molecule has 0 aliphatic rings. The van der Waals surface area contributed by atoms with Crippen molar-refractivity contribution >= 4 is 0 Å². The first-order valence-electron chi connectivity index (χ1n) is 6.53. The number of aryl methyl sites for hydroxylation is 4. The normalized spacial score (nSPS) is 9.10. The fraction of sp³-hybridized carbons (Fsp3) is 0.571. The van der Waals surface area contributed by atoms with E-state index in [4.69, 9.17) is 0 Å². The summed E-state index contributed by atoms with van der Waals surface area (Å²) < 4.78 is 8.65. The third-order valence-corrected chi connectivity index (χ3v) is 3.47. The summed E-state index contributed by atoms with van der Waals surface area (Å²) in [6.45, 7) is 10.6. The van der Waals surface area contributed by atoms with Crippen molar-refractivity contribution in [1.29, 1.82) is 0 Å². The second kappa shape index (κ2) is 10.2. The van der Waals surface area contributed by atoms with Gasteiger partial charge >= 0.3 is 0 Å². The zero-order valence-corrected chi connectivity index (χ0v) is 16.4. The quantitative estimate of drug-likeness (QED) is 0.443. The zero-order chi connectivity index (χ0) is 13.7. The van der Waals surface area contributed by atoms with E-state index in [-0.39, 0.29) is 34.0 Å². The molecule has 0 radical (unpaired) electrons. The highest BCUT2D eigenvalue weighted by Crippen LogP contribution is 1.90. The van der Waals surface area contributed by atoms with Crippen molar-refractivity contribution in [2.24, 2.45) is 14.1 Å². The molecule has 0 aliphatic heterocycles. The molecule has 0 aromatic carbocycles. The van der Waals surface area contributed by atoms with Crippen molar-refractivity contribution in [3.05, 3.63) is 36.4 Å². The molecule has 0 amide bonds. The largest absolute Gasteiger partial charge is 1.00 e. The standard InChI is InChI=1S/2C7H13N2.2BrH/c2*1-4-9-6-5-8(3)7(9)2;;/h2*5-6H,4H2,1-3H3;2*1H/q2*+1;;/p-2. The molecule has 20 heavy (non-hydrogen) atoms. The maximum Gasteiger partial charge on any atom is 0.252 e. The Hall–Kier alpha value is -0.620. The molecule has 0 atom stereocenters. The van der Waals surface area contributed by atoms with E-state index in [1.54, 1.807) is 0 Å². The van der Waals surface area contributed by atoms with Crippen molar-refractivity contribution < 1.29 is 43.1 Å². The summed E-state index contributed by atoms with van der Waals surface area (Å²) in [5, 5.41) is 0. The van der Waals surface area contributed by atoms with E-state index in [2.05, 4.69) is 84.8 Å². The van der Waals surface area contributed by atoms with Crippen molar-refractivity contribution in [2.75, 3.05) is 0 Å². The van der Waals surface area contributed by atoms with Crippen molar-refractivity contribution in [1.82, 2.24) is 9.13 Å². The Labute approximate surface area is 143 Å². The summed E-state index contributed by atoms with van der Waals surface area (Å²) in [7, 11) is 4.11. The molecule has 0 spiro atoms. The van der Waals surface area contributed by atoms with Gasteiger partial charge in [0.15, 0.2) is 0 Å². The molecule has 2 aromatic rings. The van der Waals surface area contributed by atoms with Crippen LogP contribution < -0.4 is 43.1 Å². The molecule has 0 bridgehead atoms. The Morgan fingerprint density at radius 1 is 0.800 bits per heavy atom. The Morgan fingerprint density at radius 2 is 1.10 bits per heavy atom. The lowest BCUT2D eigenvalue weighted by atomic mass is 10.6. The van der Waals surface area contributed by atoms with Crippen LogP contribution in [0.15, 0.2) is 24.8 Å². The molecule has 2 rings (SSSR count). The minimum Gasteiger partial charge on any atom is -1.00 e. The van der Waals surface area contributed by atoms with Gasteiger partial charge in [0.05, 0.1) is 27.2 Å². The first-order valence-corrected chi connectivity index (χ1v) is 6.53. The van der Waals surface area contributed by atoms with Gasteiger partial charge in [-0.3, -0.25) is 0 Å². The highest BCUT2D eigenvalue weighted by molar-refractivity contribution is 4.78. The molecule has 0 saturated heterocycles. The Bertz CT molecular complexity index is 457. The molecule has 116 valence electrons. The van der Waals surface area contributed by atoms with Gasteiger partial charge in [0.2, 0.25) is 0 Å². The van der Waals surface area contributed by atoms with Crippen LogP contribution >= 0.6 is 0 Å². The van der Waals surface area contributed by atoms with E-state index < -0.39 is 0 Å². The number of hydrogen-bond donors (Lipinski definition) is 0. The predicted octanol–water partition coefficient (Wildman–Crippen LogP) is -4.71.